The topological polar surface area (TPSA) is 39.1 Å². The van der Waals surface area contributed by atoms with E-state index in [9.17, 15) is 0 Å². The Hall–Kier alpha value is -1.97. The molecular weight excluding hydrogens is 226 g/mol. The number of imidazole rings is 1. The van der Waals surface area contributed by atoms with Gasteiger partial charge in [-0.2, -0.15) is 0 Å². The first-order chi connectivity index (χ1) is 8.86. The molecule has 94 valence electrons. The molecule has 1 atom stereocenters. The fraction of sp³-hybridized carbons (Fsp3) is 0.357. The van der Waals surface area contributed by atoms with Gasteiger partial charge in [-0.3, -0.25) is 0 Å². The zero-order valence-electron chi connectivity index (χ0n) is 10.5. The maximum atomic E-state index is 5.88. The van der Waals surface area contributed by atoms with E-state index < -0.39 is 0 Å². The van der Waals surface area contributed by atoms with Crippen molar-refractivity contribution in [3.8, 4) is 5.75 Å². The molecule has 1 aromatic carbocycles. The van der Waals surface area contributed by atoms with Crippen LogP contribution in [-0.2, 0) is 13.0 Å². The summed E-state index contributed by atoms with van der Waals surface area (Å²) < 4.78 is 7.96. The third kappa shape index (κ3) is 2.06. The number of benzene rings is 1. The highest BCUT2D eigenvalue weighted by Crippen LogP contribution is 2.28. The summed E-state index contributed by atoms with van der Waals surface area (Å²) in [5.41, 5.74) is 1.29. The van der Waals surface area contributed by atoms with Crippen molar-refractivity contribution in [1.29, 1.82) is 0 Å². The van der Waals surface area contributed by atoms with Crippen LogP contribution in [0.4, 0.5) is 5.95 Å². The van der Waals surface area contributed by atoms with Gasteiger partial charge < -0.3 is 14.6 Å². The Bertz CT molecular complexity index is 510. The minimum Gasteiger partial charge on any atom is -0.488 e. The van der Waals surface area contributed by atoms with Gasteiger partial charge in [0.2, 0.25) is 5.95 Å². The number of hydrogen-bond acceptors (Lipinski definition) is 3. The van der Waals surface area contributed by atoms with Gasteiger partial charge in [0.25, 0.3) is 0 Å². The van der Waals surface area contributed by atoms with Crippen molar-refractivity contribution in [2.75, 3.05) is 11.9 Å². The van der Waals surface area contributed by atoms with Crippen molar-refractivity contribution < 1.29 is 4.74 Å². The molecule has 18 heavy (non-hydrogen) atoms. The van der Waals surface area contributed by atoms with Gasteiger partial charge >= 0.3 is 0 Å². The van der Waals surface area contributed by atoms with Crippen molar-refractivity contribution in [2.24, 2.45) is 0 Å². The molecule has 0 bridgehead atoms. The van der Waals surface area contributed by atoms with Gasteiger partial charge in [-0.15, -0.1) is 0 Å². The van der Waals surface area contributed by atoms with Crippen LogP contribution in [0.15, 0.2) is 36.7 Å². The van der Waals surface area contributed by atoms with Crippen LogP contribution >= 0.6 is 0 Å². The minimum atomic E-state index is 0.199. The monoisotopic (exact) mass is 243 g/mol. The molecule has 0 spiro atoms. The van der Waals surface area contributed by atoms with E-state index in [4.69, 9.17) is 4.74 Å². The van der Waals surface area contributed by atoms with Gasteiger partial charge in [-0.1, -0.05) is 18.2 Å². The molecule has 1 aliphatic rings. The molecule has 1 aromatic heterocycles. The van der Waals surface area contributed by atoms with E-state index in [2.05, 4.69) is 33.9 Å². The van der Waals surface area contributed by atoms with Crippen molar-refractivity contribution in [1.82, 2.24) is 9.55 Å². The number of anilines is 1. The lowest BCUT2D eigenvalue weighted by Gasteiger charge is -2.13. The third-order valence-corrected chi connectivity index (χ3v) is 3.26. The van der Waals surface area contributed by atoms with Crippen LogP contribution in [0.3, 0.4) is 0 Å². The summed E-state index contributed by atoms with van der Waals surface area (Å²) in [5, 5.41) is 3.35. The average Bonchev–Trinajstić information content (AvgIpc) is 3.01. The van der Waals surface area contributed by atoms with E-state index in [1.165, 1.54) is 5.56 Å². The number of fused-ring (bicyclic) bond motifs is 1. The smallest absolute Gasteiger partial charge is 0.202 e. The Morgan fingerprint density at radius 3 is 3.17 bits per heavy atom. The van der Waals surface area contributed by atoms with E-state index in [-0.39, 0.29) is 6.10 Å². The molecule has 4 nitrogen and oxygen atoms in total. The molecule has 0 aliphatic carbocycles. The molecule has 1 aliphatic heterocycles. The molecule has 1 unspecified atom stereocenters. The second-order valence-electron chi connectivity index (χ2n) is 4.47. The lowest BCUT2D eigenvalue weighted by atomic mass is 10.1. The van der Waals surface area contributed by atoms with E-state index in [0.29, 0.717) is 0 Å². The number of aromatic nitrogens is 2. The molecule has 2 aromatic rings. The summed E-state index contributed by atoms with van der Waals surface area (Å²) in [6, 6.07) is 8.23. The van der Waals surface area contributed by atoms with Crippen molar-refractivity contribution in [2.45, 2.75) is 26.0 Å². The fourth-order valence-corrected chi connectivity index (χ4v) is 2.30. The standard InChI is InChI=1S/C14H17N3O/c1-2-17-8-7-15-14(17)16-10-12-9-11-5-3-4-6-13(11)18-12/h3-8,12H,2,9-10H2,1H3,(H,15,16). The van der Waals surface area contributed by atoms with Crippen molar-refractivity contribution in [3.63, 3.8) is 0 Å². The van der Waals surface area contributed by atoms with E-state index in [1.807, 2.05) is 24.5 Å². The Kier molecular flexibility index (Phi) is 2.92. The number of para-hydroxylation sites is 1. The number of nitrogens with zero attached hydrogens (tertiary/aromatic N) is 2. The normalized spacial score (nSPS) is 17.3. The van der Waals surface area contributed by atoms with Crippen LogP contribution in [0, 0.1) is 0 Å². The van der Waals surface area contributed by atoms with Gasteiger partial charge in [0, 0.05) is 25.4 Å². The van der Waals surface area contributed by atoms with Crippen molar-refractivity contribution >= 4 is 5.95 Å². The summed E-state index contributed by atoms with van der Waals surface area (Å²) in [7, 11) is 0. The molecule has 0 radical (unpaired) electrons. The lowest BCUT2D eigenvalue weighted by molar-refractivity contribution is 0.246. The molecule has 3 rings (SSSR count). The summed E-state index contributed by atoms with van der Waals surface area (Å²) in [4.78, 5) is 4.29. The van der Waals surface area contributed by atoms with Crippen LogP contribution in [-0.4, -0.2) is 22.2 Å². The highest BCUT2D eigenvalue weighted by Gasteiger charge is 2.22. The Morgan fingerprint density at radius 2 is 2.33 bits per heavy atom. The highest BCUT2D eigenvalue weighted by molar-refractivity contribution is 5.38. The van der Waals surface area contributed by atoms with Crippen LogP contribution in [0.1, 0.15) is 12.5 Å². The minimum absolute atomic E-state index is 0.199. The summed E-state index contributed by atoms with van der Waals surface area (Å²) >= 11 is 0. The molecular formula is C14H17N3O. The van der Waals surface area contributed by atoms with Crippen LogP contribution in [0.2, 0.25) is 0 Å². The SMILES string of the molecule is CCn1ccnc1NCC1Cc2ccccc2O1. The number of hydrogen-bond donors (Lipinski definition) is 1. The summed E-state index contributed by atoms with van der Waals surface area (Å²) in [6.07, 6.45) is 4.96. The van der Waals surface area contributed by atoms with Gasteiger partial charge in [-0.25, -0.2) is 4.98 Å². The molecule has 0 fully saturated rings. The van der Waals surface area contributed by atoms with E-state index >= 15 is 0 Å². The maximum Gasteiger partial charge on any atom is 0.202 e. The van der Waals surface area contributed by atoms with Crippen LogP contribution in [0.25, 0.3) is 0 Å². The second kappa shape index (κ2) is 4.72. The second-order valence-corrected chi connectivity index (χ2v) is 4.47. The van der Waals surface area contributed by atoms with E-state index in [0.717, 1.165) is 31.2 Å². The fourth-order valence-electron chi connectivity index (χ4n) is 2.30. The van der Waals surface area contributed by atoms with Gasteiger partial charge in [0.1, 0.15) is 11.9 Å². The first-order valence-electron chi connectivity index (χ1n) is 6.36. The molecule has 4 heteroatoms. The summed E-state index contributed by atoms with van der Waals surface area (Å²) in [5.74, 6) is 1.93. The number of rotatable bonds is 4. The average molecular weight is 243 g/mol. The molecule has 0 saturated carbocycles. The highest BCUT2D eigenvalue weighted by atomic mass is 16.5. The molecule has 0 saturated heterocycles. The number of aryl methyl sites for hydroxylation is 1. The Labute approximate surface area is 107 Å². The Morgan fingerprint density at radius 1 is 1.44 bits per heavy atom. The first kappa shape index (κ1) is 11.1. The van der Waals surface area contributed by atoms with Gasteiger partial charge in [0.15, 0.2) is 0 Å². The van der Waals surface area contributed by atoms with Gasteiger partial charge in [0.05, 0.1) is 6.54 Å². The van der Waals surface area contributed by atoms with Gasteiger partial charge in [-0.05, 0) is 18.6 Å². The Balaban J connectivity index is 1.60. The quantitative estimate of drug-likeness (QED) is 0.895. The predicted molar refractivity (Wildman–Crippen MR) is 71.0 cm³/mol. The molecule has 2 heterocycles. The van der Waals surface area contributed by atoms with E-state index in [1.54, 1.807) is 0 Å². The third-order valence-electron chi connectivity index (χ3n) is 3.26. The van der Waals surface area contributed by atoms with Crippen LogP contribution in [0.5, 0.6) is 5.75 Å². The predicted octanol–water partition coefficient (Wildman–Crippen LogP) is 2.32. The number of ether oxygens (including phenoxy) is 1. The lowest BCUT2D eigenvalue weighted by Crippen LogP contribution is -2.25. The zero-order valence-corrected chi connectivity index (χ0v) is 10.5. The summed E-state index contributed by atoms with van der Waals surface area (Å²) in [6.45, 7) is 3.81. The van der Waals surface area contributed by atoms with Crippen LogP contribution < -0.4 is 10.1 Å². The molecule has 0 amide bonds. The van der Waals surface area contributed by atoms with Crippen molar-refractivity contribution in [3.05, 3.63) is 42.2 Å². The molecule has 1 N–H and O–H groups in total. The number of nitrogens with one attached hydrogen (secondary N) is 1. The zero-order chi connectivity index (χ0) is 12.4. The maximum absolute atomic E-state index is 5.88. The largest absolute Gasteiger partial charge is 0.488 e. The first-order valence-corrected chi connectivity index (χ1v) is 6.36.